The predicted molar refractivity (Wildman–Crippen MR) is 82.8 cm³/mol. The average Bonchev–Trinajstić information content (AvgIpc) is 2.42. The molecule has 0 spiro atoms. The van der Waals surface area contributed by atoms with Crippen LogP contribution in [0, 0.1) is 12.8 Å². The van der Waals surface area contributed by atoms with Crippen molar-refractivity contribution in [1.29, 1.82) is 0 Å². The number of carbonyl (C=O) groups is 1. The number of benzene rings is 1. The first-order valence-electron chi connectivity index (χ1n) is 7.19. The largest absolute Gasteiger partial charge is 0.372 e. The highest BCUT2D eigenvalue weighted by Crippen LogP contribution is 2.23. The third-order valence-corrected chi connectivity index (χ3v) is 3.66. The van der Waals surface area contributed by atoms with Crippen LogP contribution >= 0.6 is 0 Å². The summed E-state index contributed by atoms with van der Waals surface area (Å²) >= 11 is 0. The van der Waals surface area contributed by atoms with Crippen LogP contribution in [0.15, 0.2) is 18.2 Å². The maximum absolute atomic E-state index is 11.9. The van der Waals surface area contributed by atoms with Gasteiger partial charge < -0.3 is 10.2 Å². The summed E-state index contributed by atoms with van der Waals surface area (Å²) in [7, 11) is 0. The molecule has 1 aromatic carbocycles. The lowest BCUT2D eigenvalue weighted by molar-refractivity contribution is -0.119. The molecule has 1 amide bonds. The smallest absolute Gasteiger partial charge is 0.227 e. The van der Waals surface area contributed by atoms with Crippen molar-refractivity contribution in [3.8, 4) is 0 Å². The van der Waals surface area contributed by atoms with Gasteiger partial charge in [-0.05, 0) is 51.0 Å². The van der Waals surface area contributed by atoms with Crippen molar-refractivity contribution in [2.45, 2.75) is 41.0 Å². The number of rotatable bonds is 6. The van der Waals surface area contributed by atoms with E-state index in [4.69, 9.17) is 0 Å². The Bertz CT molecular complexity index is 425. The summed E-state index contributed by atoms with van der Waals surface area (Å²) in [6, 6.07) is 6.22. The second kappa shape index (κ2) is 7.17. The van der Waals surface area contributed by atoms with E-state index in [0.717, 1.165) is 30.8 Å². The molecule has 19 heavy (non-hydrogen) atoms. The van der Waals surface area contributed by atoms with Gasteiger partial charge in [0, 0.05) is 30.4 Å². The van der Waals surface area contributed by atoms with Crippen LogP contribution in [0.1, 0.15) is 39.7 Å². The normalized spacial score (nSPS) is 12.1. The van der Waals surface area contributed by atoms with E-state index in [1.807, 2.05) is 26.8 Å². The Morgan fingerprint density at radius 3 is 2.37 bits per heavy atom. The second-order valence-corrected chi connectivity index (χ2v) is 4.97. The van der Waals surface area contributed by atoms with E-state index in [-0.39, 0.29) is 11.8 Å². The number of nitrogens with one attached hydrogen (secondary N) is 1. The fraction of sp³-hybridized carbons (Fsp3) is 0.562. The molecule has 0 aliphatic carbocycles. The Hall–Kier alpha value is -1.51. The van der Waals surface area contributed by atoms with Crippen molar-refractivity contribution in [2.75, 3.05) is 23.3 Å². The minimum absolute atomic E-state index is 0.0573. The van der Waals surface area contributed by atoms with Gasteiger partial charge in [0.25, 0.3) is 0 Å². The second-order valence-electron chi connectivity index (χ2n) is 4.97. The molecule has 0 fully saturated rings. The van der Waals surface area contributed by atoms with Crippen molar-refractivity contribution < 1.29 is 4.79 Å². The number of nitrogens with zero attached hydrogens (tertiary/aromatic N) is 1. The van der Waals surface area contributed by atoms with Crippen molar-refractivity contribution in [2.24, 2.45) is 5.92 Å². The van der Waals surface area contributed by atoms with Crippen LogP contribution in [-0.4, -0.2) is 19.0 Å². The fourth-order valence-corrected chi connectivity index (χ4v) is 2.01. The topological polar surface area (TPSA) is 32.3 Å². The molecule has 0 aliphatic rings. The van der Waals surface area contributed by atoms with Gasteiger partial charge in [0.1, 0.15) is 0 Å². The number of hydrogen-bond donors (Lipinski definition) is 1. The van der Waals surface area contributed by atoms with Gasteiger partial charge in [-0.1, -0.05) is 13.8 Å². The summed E-state index contributed by atoms with van der Waals surface area (Å²) in [4.78, 5) is 14.2. The lowest BCUT2D eigenvalue weighted by Crippen LogP contribution is -2.22. The van der Waals surface area contributed by atoms with E-state index in [9.17, 15) is 4.79 Å². The molecule has 106 valence electrons. The lowest BCUT2D eigenvalue weighted by atomic mass is 10.1. The van der Waals surface area contributed by atoms with Crippen LogP contribution in [0.25, 0.3) is 0 Å². The van der Waals surface area contributed by atoms with Crippen molar-refractivity contribution in [3.05, 3.63) is 23.8 Å². The fourth-order valence-electron chi connectivity index (χ4n) is 2.01. The van der Waals surface area contributed by atoms with Crippen LogP contribution in [0.4, 0.5) is 11.4 Å². The standard InChI is InChI=1S/C16H26N2O/c1-6-12(4)16(19)17-15-10-9-14(11-13(15)5)18(7-2)8-3/h9-12H,6-8H2,1-5H3,(H,17,19). The Morgan fingerprint density at radius 2 is 1.89 bits per heavy atom. The van der Waals surface area contributed by atoms with E-state index in [2.05, 4.69) is 36.2 Å². The van der Waals surface area contributed by atoms with Gasteiger partial charge >= 0.3 is 0 Å². The molecule has 3 nitrogen and oxygen atoms in total. The van der Waals surface area contributed by atoms with Gasteiger partial charge in [0.05, 0.1) is 0 Å². The molecule has 1 N–H and O–H groups in total. The third-order valence-electron chi connectivity index (χ3n) is 3.66. The first-order valence-corrected chi connectivity index (χ1v) is 7.19. The maximum atomic E-state index is 11.9. The average molecular weight is 262 g/mol. The number of carbonyl (C=O) groups excluding carboxylic acids is 1. The number of aryl methyl sites for hydroxylation is 1. The van der Waals surface area contributed by atoms with Crippen molar-refractivity contribution in [3.63, 3.8) is 0 Å². The zero-order valence-corrected chi connectivity index (χ0v) is 12.8. The Labute approximate surface area is 117 Å². The molecule has 0 aromatic heterocycles. The molecular weight excluding hydrogens is 236 g/mol. The van der Waals surface area contributed by atoms with Crippen LogP contribution in [0.2, 0.25) is 0 Å². The summed E-state index contributed by atoms with van der Waals surface area (Å²) in [6.07, 6.45) is 0.864. The van der Waals surface area contributed by atoms with Crippen LogP contribution in [0.5, 0.6) is 0 Å². The van der Waals surface area contributed by atoms with Crippen LogP contribution in [-0.2, 0) is 4.79 Å². The van der Waals surface area contributed by atoms with E-state index in [1.165, 1.54) is 5.69 Å². The first kappa shape index (κ1) is 15.5. The molecule has 0 saturated heterocycles. The first-order chi connectivity index (χ1) is 9.03. The molecule has 0 saturated carbocycles. The quantitative estimate of drug-likeness (QED) is 0.845. The summed E-state index contributed by atoms with van der Waals surface area (Å²) in [5.74, 6) is 0.156. The zero-order chi connectivity index (χ0) is 14.4. The molecule has 3 heteroatoms. The minimum atomic E-state index is 0.0573. The van der Waals surface area contributed by atoms with Crippen LogP contribution < -0.4 is 10.2 Å². The Balaban J connectivity index is 2.86. The van der Waals surface area contributed by atoms with Crippen molar-refractivity contribution >= 4 is 17.3 Å². The predicted octanol–water partition coefficient (Wildman–Crippen LogP) is 3.83. The van der Waals surface area contributed by atoms with Gasteiger partial charge in [-0.3, -0.25) is 4.79 Å². The SMILES string of the molecule is CCC(C)C(=O)Nc1ccc(N(CC)CC)cc1C. The molecule has 1 aromatic rings. The van der Waals surface area contributed by atoms with Gasteiger partial charge in [0.2, 0.25) is 5.91 Å². The number of hydrogen-bond acceptors (Lipinski definition) is 2. The van der Waals surface area contributed by atoms with Gasteiger partial charge in [-0.2, -0.15) is 0 Å². The molecule has 1 atom stereocenters. The van der Waals surface area contributed by atoms with Gasteiger partial charge in [-0.15, -0.1) is 0 Å². The lowest BCUT2D eigenvalue weighted by Gasteiger charge is -2.22. The van der Waals surface area contributed by atoms with Gasteiger partial charge in [0.15, 0.2) is 0 Å². The molecule has 0 bridgehead atoms. The summed E-state index contributed by atoms with van der Waals surface area (Å²) in [6.45, 7) is 12.3. The highest BCUT2D eigenvalue weighted by atomic mass is 16.1. The third kappa shape index (κ3) is 3.98. The highest BCUT2D eigenvalue weighted by molar-refractivity contribution is 5.93. The van der Waals surface area contributed by atoms with Crippen molar-refractivity contribution in [1.82, 2.24) is 0 Å². The summed E-state index contributed by atoms with van der Waals surface area (Å²) < 4.78 is 0. The molecule has 1 unspecified atom stereocenters. The summed E-state index contributed by atoms with van der Waals surface area (Å²) in [5, 5.41) is 3.01. The van der Waals surface area contributed by atoms with E-state index < -0.39 is 0 Å². The van der Waals surface area contributed by atoms with E-state index >= 15 is 0 Å². The van der Waals surface area contributed by atoms with E-state index in [1.54, 1.807) is 0 Å². The zero-order valence-electron chi connectivity index (χ0n) is 12.8. The summed E-state index contributed by atoms with van der Waals surface area (Å²) in [5.41, 5.74) is 3.24. The number of anilines is 2. The van der Waals surface area contributed by atoms with Crippen LogP contribution in [0.3, 0.4) is 0 Å². The monoisotopic (exact) mass is 262 g/mol. The van der Waals surface area contributed by atoms with E-state index in [0.29, 0.717) is 0 Å². The maximum Gasteiger partial charge on any atom is 0.227 e. The Morgan fingerprint density at radius 1 is 1.26 bits per heavy atom. The molecule has 0 aliphatic heterocycles. The molecule has 0 heterocycles. The number of amides is 1. The van der Waals surface area contributed by atoms with Gasteiger partial charge in [-0.25, -0.2) is 0 Å². The Kier molecular flexibility index (Phi) is 5.87. The molecule has 1 rings (SSSR count). The highest BCUT2D eigenvalue weighted by Gasteiger charge is 2.12. The minimum Gasteiger partial charge on any atom is -0.372 e. The molecular formula is C16H26N2O. The molecule has 0 radical (unpaired) electrons.